The predicted octanol–water partition coefficient (Wildman–Crippen LogP) is 1.84. The van der Waals surface area contributed by atoms with Gasteiger partial charge in [0, 0.05) is 32.6 Å². The maximum Gasteiger partial charge on any atom is 0.222 e. The van der Waals surface area contributed by atoms with E-state index in [2.05, 4.69) is 23.5 Å². The highest BCUT2D eigenvalue weighted by molar-refractivity contribution is 5.76. The fourth-order valence-corrected chi connectivity index (χ4v) is 2.88. The van der Waals surface area contributed by atoms with Gasteiger partial charge in [0.05, 0.1) is 0 Å². The first-order chi connectivity index (χ1) is 8.83. The summed E-state index contributed by atoms with van der Waals surface area (Å²) in [7, 11) is 0. The monoisotopic (exact) mass is 244 g/mol. The second kappa shape index (κ2) is 5.11. The third kappa shape index (κ3) is 2.41. The minimum Gasteiger partial charge on any atom is -0.343 e. The first-order valence-electron chi connectivity index (χ1n) is 6.92. The van der Waals surface area contributed by atoms with E-state index in [1.807, 2.05) is 4.90 Å². The van der Waals surface area contributed by atoms with Crippen LogP contribution in [0.25, 0.3) is 0 Å². The Hall–Kier alpha value is -1.35. The largest absolute Gasteiger partial charge is 0.343 e. The smallest absolute Gasteiger partial charge is 0.222 e. The molecule has 1 saturated heterocycles. The lowest BCUT2D eigenvalue weighted by molar-refractivity contribution is -0.130. The van der Waals surface area contributed by atoms with E-state index in [1.54, 1.807) is 0 Å². The Labute approximate surface area is 108 Å². The number of aryl methyl sites for hydroxylation is 1. The number of rotatable bonds is 3. The van der Waals surface area contributed by atoms with Crippen LogP contribution in [0.2, 0.25) is 0 Å². The number of likely N-dealkylation sites (tertiary alicyclic amines) is 1. The zero-order valence-electron chi connectivity index (χ0n) is 10.7. The van der Waals surface area contributed by atoms with Gasteiger partial charge in [-0.3, -0.25) is 4.79 Å². The molecule has 0 bridgehead atoms. The minimum absolute atomic E-state index is 0.325. The average Bonchev–Trinajstić information content (AvgIpc) is 3.05. The van der Waals surface area contributed by atoms with E-state index >= 15 is 0 Å². The summed E-state index contributed by atoms with van der Waals surface area (Å²) in [6.45, 7) is 3.89. The van der Waals surface area contributed by atoms with E-state index in [-0.39, 0.29) is 0 Å². The quantitative estimate of drug-likeness (QED) is 0.880. The van der Waals surface area contributed by atoms with Crippen LogP contribution in [0.4, 0.5) is 0 Å². The molecule has 2 aliphatic rings. The van der Waals surface area contributed by atoms with Crippen LogP contribution in [-0.4, -0.2) is 23.9 Å². The maximum atomic E-state index is 12.0. The van der Waals surface area contributed by atoms with E-state index in [4.69, 9.17) is 0 Å². The van der Waals surface area contributed by atoms with Crippen molar-refractivity contribution in [2.75, 3.05) is 13.1 Å². The summed E-state index contributed by atoms with van der Waals surface area (Å²) in [6.07, 6.45) is 3.89. The molecule has 0 atom stereocenters. The molecule has 2 heterocycles. The zero-order valence-corrected chi connectivity index (χ0v) is 10.7. The van der Waals surface area contributed by atoms with Crippen molar-refractivity contribution in [1.82, 2.24) is 10.2 Å². The lowest BCUT2D eigenvalue weighted by Gasteiger charge is -2.15. The van der Waals surface area contributed by atoms with Gasteiger partial charge in [0.25, 0.3) is 0 Å². The molecule has 2 aliphatic heterocycles. The summed E-state index contributed by atoms with van der Waals surface area (Å²) < 4.78 is 0. The van der Waals surface area contributed by atoms with Crippen molar-refractivity contribution >= 4 is 5.91 Å². The SMILES string of the molecule is O=C(CCc1ccc2c(c1)CNC2)N1CCCC1. The molecule has 3 nitrogen and oxygen atoms in total. The molecular weight excluding hydrogens is 224 g/mol. The molecule has 18 heavy (non-hydrogen) atoms. The highest BCUT2D eigenvalue weighted by Crippen LogP contribution is 2.18. The van der Waals surface area contributed by atoms with Gasteiger partial charge in [0.2, 0.25) is 5.91 Å². The highest BCUT2D eigenvalue weighted by atomic mass is 16.2. The van der Waals surface area contributed by atoms with Gasteiger partial charge in [-0.2, -0.15) is 0 Å². The molecule has 1 amide bonds. The van der Waals surface area contributed by atoms with Crippen LogP contribution in [0.3, 0.4) is 0 Å². The molecule has 0 saturated carbocycles. The van der Waals surface area contributed by atoms with Crippen molar-refractivity contribution in [1.29, 1.82) is 0 Å². The normalized spacial score (nSPS) is 18.1. The number of carbonyl (C=O) groups excluding carboxylic acids is 1. The number of benzene rings is 1. The van der Waals surface area contributed by atoms with Gasteiger partial charge in [-0.05, 0) is 36.0 Å². The molecule has 0 radical (unpaired) electrons. The predicted molar refractivity (Wildman–Crippen MR) is 71.1 cm³/mol. The molecule has 0 spiro atoms. The lowest BCUT2D eigenvalue weighted by atomic mass is 10.0. The van der Waals surface area contributed by atoms with E-state index in [1.165, 1.54) is 29.5 Å². The summed E-state index contributed by atoms with van der Waals surface area (Å²) in [6, 6.07) is 6.63. The standard InChI is InChI=1S/C15H20N2O/c18-15(17-7-1-2-8-17)6-4-12-3-5-13-10-16-11-14(13)9-12/h3,5,9,16H,1-2,4,6-8,10-11H2. The Kier molecular flexibility index (Phi) is 3.33. The Morgan fingerprint density at radius 1 is 1.17 bits per heavy atom. The van der Waals surface area contributed by atoms with Crippen LogP contribution in [0.15, 0.2) is 18.2 Å². The van der Waals surface area contributed by atoms with Crippen molar-refractivity contribution in [3.63, 3.8) is 0 Å². The van der Waals surface area contributed by atoms with Crippen LogP contribution in [0.5, 0.6) is 0 Å². The molecule has 96 valence electrons. The first kappa shape index (κ1) is 11.7. The summed E-state index contributed by atoms with van der Waals surface area (Å²) in [5, 5.41) is 3.35. The Balaban J connectivity index is 1.58. The molecule has 0 unspecified atom stereocenters. The molecule has 1 N–H and O–H groups in total. The summed E-state index contributed by atoms with van der Waals surface area (Å²) in [5.41, 5.74) is 4.11. The Morgan fingerprint density at radius 3 is 2.78 bits per heavy atom. The van der Waals surface area contributed by atoms with Crippen LogP contribution >= 0.6 is 0 Å². The van der Waals surface area contributed by atoms with E-state index in [0.717, 1.165) is 32.6 Å². The van der Waals surface area contributed by atoms with Gasteiger partial charge in [0.15, 0.2) is 0 Å². The summed E-state index contributed by atoms with van der Waals surface area (Å²) in [4.78, 5) is 14.0. The number of fused-ring (bicyclic) bond motifs is 1. The van der Waals surface area contributed by atoms with Gasteiger partial charge in [-0.15, -0.1) is 0 Å². The summed E-state index contributed by atoms with van der Waals surface area (Å²) in [5.74, 6) is 0.325. The van der Waals surface area contributed by atoms with Crippen molar-refractivity contribution in [3.05, 3.63) is 34.9 Å². The van der Waals surface area contributed by atoms with Crippen molar-refractivity contribution in [3.8, 4) is 0 Å². The number of amides is 1. The fourth-order valence-electron chi connectivity index (χ4n) is 2.88. The minimum atomic E-state index is 0.325. The zero-order chi connectivity index (χ0) is 12.4. The van der Waals surface area contributed by atoms with Crippen LogP contribution in [0.1, 0.15) is 36.0 Å². The van der Waals surface area contributed by atoms with Gasteiger partial charge in [-0.25, -0.2) is 0 Å². The van der Waals surface area contributed by atoms with Crippen molar-refractivity contribution < 1.29 is 4.79 Å². The van der Waals surface area contributed by atoms with E-state index in [0.29, 0.717) is 12.3 Å². The molecular formula is C15H20N2O. The molecule has 3 rings (SSSR count). The van der Waals surface area contributed by atoms with E-state index < -0.39 is 0 Å². The fraction of sp³-hybridized carbons (Fsp3) is 0.533. The van der Waals surface area contributed by atoms with E-state index in [9.17, 15) is 4.79 Å². The third-order valence-corrected chi connectivity index (χ3v) is 3.99. The number of carbonyl (C=O) groups is 1. The van der Waals surface area contributed by atoms with Gasteiger partial charge in [0.1, 0.15) is 0 Å². The second-order valence-electron chi connectivity index (χ2n) is 5.29. The average molecular weight is 244 g/mol. The number of hydrogen-bond donors (Lipinski definition) is 1. The van der Waals surface area contributed by atoms with Gasteiger partial charge >= 0.3 is 0 Å². The Morgan fingerprint density at radius 2 is 1.94 bits per heavy atom. The number of hydrogen-bond acceptors (Lipinski definition) is 2. The highest BCUT2D eigenvalue weighted by Gasteiger charge is 2.17. The molecule has 1 aromatic carbocycles. The number of nitrogens with one attached hydrogen (secondary N) is 1. The van der Waals surface area contributed by atoms with Crippen LogP contribution in [0, 0.1) is 0 Å². The van der Waals surface area contributed by atoms with Crippen molar-refractivity contribution in [2.45, 2.75) is 38.8 Å². The lowest BCUT2D eigenvalue weighted by Crippen LogP contribution is -2.27. The molecule has 0 aliphatic carbocycles. The van der Waals surface area contributed by atoms with Crippen LogP contribution < -0.4 is 5.32 Å². The first-order valence-corrected chi connectivity index (χ1v) is 6.92. The maximum absolute atomic E-state index is 12.0. The third-order valence-electron chi connectivity index (χ3n) is 3.99. The molecule has 1 aromatic rings. The van der Waals surface area contributed by atoms with Crippen molar-refractivity contribution in [2.24, 2.45) is 0 Å². The number of nitrogens with zero attached hydrogens (tertiary/aromatic N) is 1. The van der Waals surface area contributed by atoms with Crippen LogP contribution in [-0.2, 0) is 24.3 Å². The van der Waals surface area contributed by atoms with Gasteiger partial charge in [-0.1, -0.05) is 18.2 Å². The topological polar surface area (TPSA) is 32.3 Å². The van der Waals surface area contributed by atoms with Gasteiger partial charge < -0.3 is 10.2 Å². The second-order valence-corrected chi connectivity index (χ2v) is 5.29. The summed E-state index contributed by atoms with van der Waals surface area (Å²) >= 11 is 0. The molecule has 3 heteroatoms. The Bertz CT molecular complexity index is 450. The molecule has 0 aromatic heterocycles. The molecule has 1 fully saturated rings.